The Morgan fingerprint density at radius 3 is 2.85 bits per heavy atom. The molecule has 1 aliphatic heterocycles. The van der Waals surface area contributed by atoms with Crippen molar-refractivity contribution in [1.29, 1.82) is 0 Å². The van der Waals surface area contributed by atoms with Gasteiger partial charge < -0.3 is 15.5 Å². The molecule has 2 N–H and O–H groups in total. The van der Waals surface area contributed by atoms with Gasteiger partial charge in [0.05, 0.1) is 5.01 Å². The van der Waals surface area contributed by atoms with Crippen LogP contribution in [-0.4, -0.2) is 54.0 Å². The number of nitrogens with zero attached hydrogens (tertiary/aromatic N) is 3. The van der Waals surface area contributed by atoms with Crippen molar-refractivity contribution in [2.45, 2.75) is 65.3 Å². The van der Waals surface area contributed by atoms with Crippen LogP contribution < -0.4 is 10.6 Å². The molecule has 0 aromatic carbocycles. The Labute approximate surface area is 184 Å². The van der Waals surface area contributed by atoms with Gasteiger partial charge in [-0.1, -0.05) is 6.92 Å². The highest BCUT2D eigenvalue weighted by Gasteiger charge is 2.22. The fourth-order valence-electron chi connectivity index (χ4n) is 3.13. The number of likely N-dealkylation sites (tertiary alicyclic amines) is 1. The van der Waals surface area contributed by atoms with Crippen LogP contribution in [-0.2, 0) is 17.6 Å². The minimum absolute atomic E-state index is 0. The van der Waals surface area contributed by atoms with Gasteiger partial charge in [0, 0.05) is 56.1 Å². The number of carbonyl (C=O) groups is 1. The second-order valence-corrected chi connectivity index (χ2v) is 7.89. The maximum atomic E-state index is 12.4. The molecule has 2 heterocycles. The van der Waals surface area contributed by atoms with Crippen molar-refractivity contribution in [2.75, 3.05) is 26.2 Å². The molecule has 1 atom stereocenters. The number of hydrogen-bond donors (Lipinski definition) is 2. The molecular weight excluding hydrogens is 473 g/mol. The Hall–Kier alpha value is -0.900. The number of piperidine rings is 1. The van der Waals surface area contributed by atoms with Crippen molar-refractivity contribution in [1.82, 2.24) is 20.5 Å². The Morgan fingerprint density at radius 2 is 2.19 bits per heavy atom. The number of carbonyl (C=O) groups excluding carboxylic acids is 1. The molecule has 6 nitrogen and oxygen atoms in total. The lowest BCUT2D eigenvalue weighted by Gasteiger charge is -2.33. The molecule has 1 aromatic heterocycles. The van der Waals surface area contributed by atoms with Crippen molar-refractivity contribution < 1.29 is 4.79 Å². The van der Waals surface area contributed by atoms with Crippen LogP contribution in [0.3, 0.4) is 0 Å². The molecule has 1 saturated heterocycles. The second kappa shape index (κ2) is 13.3. The zero-order valence-electron chi connectivity index (χ0n) is 16.8. The van der Waals surface area contributed by atoms with Crippen LogP contribution in [0.2, 0.25) is 0 Å². The van der Waals surface area contributed by atoms with E-state index in [2.05, 4.69) is 34.5 Å². The summed E-state index contributed by atoms with van der Waals surface area (Å²) in [5.41, 5.74) is 0. The lowest BCUT2D eigenvalue weighted by atomic mass is 10.0. The summed E-state index contributed by atoms with van der Waals surface area (Å²) in [7, 11) is 0. The monoisotopic (exact) mass is 507 g/mol. The zero-order valence-corrected chi connectivity index (χ0v) is 19.9. The van der Waals surface area contributed by atoms with Crippen molar-refractivity contribution >= 4 is 47.2 Å². The normalized spacial score (nSPS) is 17.4. The number of aliphatic imine (C=N–C) groups is 1. The smallest absolute Gasteiger partial charge is 0.224 e. The molecule has 1 fully saturated rings. The van der Waals surface area contributed by atoms with E-state index in [1.807, 2.05) is 18.0 Å². The predicted molar refractivity (Wildman–Crippen MR) is 124 cm³/mol. The van der Waals surface area contributed by atoms with Crippen LogP contribution in [0.15, 0.2) is 11.2 Å². The number of halogens is 1. The van der Waals surface area contributed by atoms with E-state index in [9.17, 15) is 4.79 Å². The average molecular weight is 507 g/mol. The molecule has 154 valence electrons. The van der Waals surface area contributed by atoms with E-state index in [1.54, 1.807) is 11.3 Å². The number of aryl methyl sites for hydroxylation is 1. The van der Waals surface area contributed by atoms with Crippen LogP contribution >= 0.6 is 35.3 Å². The maximum Gasteiger partial charge on any atom is 0.224 e. The summed E-state index contributed by atoms with van der Waals surface area (Å²) in [4.78, 5) is 24.8. The van der Waals surface area contributed by atoms with Gasteiger partial charge >= 0.3 is 0 Å². The third kappa shape index (κ3) is 8.33. The molecule has 27 heavy (non-hydrogen) atoms. The molecule has 1 amide bonds. The van der Waals surface area contributed by atoms with Gasteiger partial charge in [0.1, 0.15) is 0 Å². The van der Waals surface area contributed by atoms with E-state index in [0.717, 1.165) is 49.7 Å². The molecule has 2 rings (SSSR count). The quantitative estimate of drug-likeness (QED) is 0.322. The summed E-state index contributed by atoms with van der Waals surface area (Å²) in [6.07, 6.45) is 7.85. The van der Waals surface area contributed by atoms with Crippen LogP contribution in [0.4, 0.5) is 0 Å². The van der Waals surface area contributed by atoms with Gasteiger partial charge in [-0.15, -0.1) is 35.3 Å². The third-order valence-corrected chi connectivity index (χ3v) is 5.85. The first-order chi connectivity index (χ1) is 12.6. The standard InChI is InChI=1S/C19H33N5OS.HI/c1-4-16-14-23-17(26-16)9-11-21-19(20-5-2)22-12-10-18(25)24-13-7-6-8-15(24)3;/h14-15H,4-13H2,1-3H3,(H2,20,21,22);1H. The van der Waals surface area contributed by atoms with Gasteiger partial charge in [-0.25, -0.2) is 4.98 Å². The number of rotatable bonds is 8. The molecule has 0 saturated carbocycles. The van der Waals surface area contributed by atoms with Gasteiger partial charge in [0.15, 0.2) is 5.96 Å². The van der Waals surface area contributed by atoms with E-state index in [-0.39, 0.29) is 29.9 Å². The summed E-state index contributed by atoms with van der Waals surface area (Å²) < 4.78 is 0. The van der Waals surface area contributed by atoms with Crippen LogP contribution in [0, 0.1) is 0 Å². The van der Waals surface area contributed by atoms with Gasteiger partial charge in [-0.2, -0.15) is 0 Å². The third-order valence-electron chi connectivity index (χ3n) is 4.64. The average Bonchev–Trinajstić information content (AvgIpc) is 3.10. The Balaban J connectivity index is 0.00000364. The molecule has 0 spiro atoms. The molecule has 1 aliphatic rings. The molecular formula is C19H34IN5OS. The molecule has 0 bridgehead atoms. The first-order valence-corrected chi connectivity index (χ1v) is 10.7. The number of amides is 1. The van der Waals surface area contributed by atoms with Gasteiger partial charge in [0.2, 0.25) is 5.91 Å². The molecule has 0 aliphatic carbocycles. The van der Waals surface area contributed by atoms with Crippen molar-refractivity contribution in [2.24, 2.45) is 4.99 Å². The first kappa shape index (κ1) is 24.1. The largest absolute Gasteiger partial charge is 0.357 e. The van der Waals surface area contributed by atoms with Crippen molar-refractivity contribution in [3.05, 3.63) is 16.1 Å². The van der Waals surface area contributed by atoms with Gasteiger partial charge in [-0.3, -0.25) is 9.79 Å². The predicted octanol–water partition coefficient (Wildman–Crippen LogP) is 3.21. The van der Waals surface area contributed by atoms with Gasteiger partial charge in [-0.05, 0) is 39.5 Å². The maximum absolute atomic E-state index is 12.4. The van der Waals surface area contributed by atoms with E-state index in [0.29, 0.717) is 25.6 Å². The summed E-state index contributed by atoms with van der Waals surface area (Å²) in [6, 6.07) is 0.379. The fraction of sp³-hybridized carbons (Fsp3) is 0.737. The molecule has 0 radical (unpaired) electrons. The number of guanidine groups is 1. The summed E-state index contributed by atoms with van der Waals surface area (Å²) >= 11 is 1.76. The first-order valence-electron chi connectivity index (χ1n) is 9.89. The minimum Gasteiger partial charge on any atom is -0.357 e. The SMILES string of the molecule is CCNC(=NCCc1ncc(CC)s1)NCCC(=O)N1CCCCC1C.I. The van der Waals surface area contributed by atoms with Crippen molar-refractivity contribution in [3.63, 3.8) is 0 Å². The second-order valence-electron chi connectivity index (χ2n) is 6.69. The number of aromatic nitrogens is 1. The molecule has 1 aromatic rings. The lowest BCUT2D eigenvalue weighted by molar-refractivity contribution is -0.134. The summed E-state index contributed by atoms with van der Waals surface area (Å²) in [6.45, 7) is 9.37. The number of nitrogens with one attached hydrogen (secondary N) is 2. The minimum atomic E-state index is 0. The Bertz CT molecular complexity index is 592. The Morgan fingerprint density at radius 1 is 1.37 bits per heavy atom. The topological polar surface area (TPSA) is 69.6 Å². The highest BCUT2D eigenvalue weighted by molar-refractivity contribution is 14.0. The fourth-order valence-corrected chi connectivity index (χ4v) is 3.98. The van der Waals surface area contributed by atoms with Crippen LogP contribution in [0.5, 0.6) is 0 Å². The molecule has 8 heteroatoms. The summed E-state index contributed by atoms with van der Waals surface area (Å²) in [5.74, 6) is 1.02. The van der Waals surface area contributed by atoms with Gasteiger partial charge in [0.25, 0.3) is 0 Å². The van der Waals surface area contributed by atoms with E-state index < -0.39 is 0 Å². The van der Waals surface area contributed by atoms with Crippen molar-refractivity contribution in [3.8, 4) is 0 Å². The van der Waals surface area contributed by atoms with Crippen LogP contribution in [0.25, 0.3) is 0 Å². The number of hydrogen-bond acceptors (Lipinski definition) is 4. The number of thiazole rings is 1. The lowest BCUT2D eigenvalue weighted by Crippen LogP contribution is -2.44. The van der Waals surface area contributed by atoms with E-state index in [1.165, 1.54) is 11.3 Å². The van der Waals surface area contributed by atoms with Crippen LogP contribution in [0.1, 0.15) is 56.3 Å². The highest BCUT2D eigenvalue weighted by Crippen LogP contribution is 2.17. The summed E-state index contributed by atoms with van der Waals surface area (Å²) in [5, 5.41) is 7.66. The zero-order chi connectivity index (χ0) is 18.8. The highest BCUT2D eigenvalue weighted by atomic mass is 127. The molecule has 1 unspecified atom stereocenters. The van der Waals surface area contributed by atoms with E-state index >= 15 is 0 Å². The Kier molecular flexibility index (Phi) is 11.9. The van der Waals surface area contributed by atoms with E-state index in [4.69, 9.17) is 0 Å².